The number of hydrogen-bond donors (Lipinski definition) is 0. The molecule has 1 saturated heterocycles. The van der Waals surface area contributed by atoms with E-state index in [-0.39, 0.29) is 0 Å². The van der Waals surface area contributed by atoms with Gasteiger partial charge in [-0.05, 0) is 56.7 Å². The molecule has 1 fully saturated rings. The van der Waals surface area contributed by atoms with E-state index in [9.17, 15) is 0 Å². The molecule has 0 aromatic heterocycles. The molecule has 0 saturated carbocycles. The van der Waals surface area contributed by atoms with Crippen LogP contribution >= 0.6 is 0 Å². The van der Waals surface area contributed by atoms with E-state index in [0.717, 1.165) is 17.5 Å². The number of hydrogen-bond acceptors (Lipinski definition) is 1. The second kappa shape index (κ2) is 4.49. The zero-order valence-electron chi connectivity index (χ0n) is 10.7. The molecule has 0 amide bonds. The molecule has 3 rings (SSSR count). The van der Waals surface area contributed by atoms with Crippen molar-refractivity contribution in [1.29, 1.82) is 0 Å². The van der Waals surface area contributed by atoms with Gasteiger partial charge in [-0.3, -0.25) is 4.90 Å². The fourth-order valence-electron chi connectivity index (χ4n) is 3.54. The maximum atomic E-state index is 5.85. The SMILES string of the molecule is [B]c1ccc2c(c1)CCC(N1CCCC1C)C2. The smallest absolute Gasteiger partial charge is 0.113 e. The molecule has 1 aromatic rings. The Bertz CT molecular complexity index is 415. The van der Waals surface area contributed by atoms with Crippen LogP contribution in [0.1, 0.15) is 37.3 Å². The van der Waals surface area contributed by atoms with Gasteiger partial charge in [-0.1, -0.05) is 23.7 Å². The van der Waals surface area contributed by atoms with Crippen molar-refractivity contribution in [2.45, 2.75) is 51.1 Å². The molecule has 0 spiro atoms. The summed E-state index contributed by atoms with van der Waals surface area (Å²) in [4.78, 5) is 2.72. The number of rotatable bonds is 1. The average molecular weight is 225 g/mol. The van der Waals surface area contributed by atoms with E-state index in [2.05, 4.69) is 30.0 Å². The fourth-order valence-corrected chi connectivity index (χ4v) is 3.54. The Morgan fingerprint density at radius 3 is 2.88 bits per heavy atom. The molecule has 88 valence electrons. The van der Waals surface area contributed by atoms with Crippen LogP contribution in [0.5, 0.6) is 0 Å². The first-order valence-corrected chi connectivity index (χ1v) is 6.87. The molecule has 1 nitrogen and oxygen atoms in total. The summed E-state index contributed by atoms with van der Waals surface area (Å²) < 4.78 is 0. The molecule has 0 bridgehead atoms. The van der Waals surface area contributed by atoms with Crippen LogP contribution in [0.3, 0.4) is 0 Å². The monoisotopic (exact) mass is 225 g/mol. The molecular weight excluding hydrogens is 205 g/mol. The van der Waals surface area contributed by atoms with Crippen LogP contribution < -0.4 is 5.46 Å². The van der Waals surface area contributed by atoms with Gasteiger partial charge in [-0.15, -0.1) is 0 Å². The van der Waals surface area contributed by atoms with Gasteiger partial charge in [0.05, 0.1) is 0 Å². The Morgan fingerprint density at radius 1 is 1.24 bits per heavy atom. The first-order valence-electron chi connectivity index (χ1n) is 6.87. The van der Waals surface area contributed by atoms with Crippen LogP contribution in [0.15, 0.2) is 18.2 Å². The van der Waals surface area contributed by atoms with Crippen molar-refractivity contribution < 1.29 is 0 Å². The number of fused-ring (bicyclic) bond motifs is 1. The quantitative estimate of drug-likeness (QED) is 0.659. The van der Waals surface area contributed by atoms with E-state index in [1.165, 1.54) is 49.8 Å². The van der Waals surface area contributed by atoms with Gasteiger partial charge in [0.2, 0.25) is 0 Å². The number of nitrogens with zero attached hydrogens (tertiary/aromatic N) is 1. The summed E-state index contributed by atoms with van der Waals surface area (Å²) >= 11 is 0. The lowest BCUT2D eigenvalue weighted by Gasteiger charge is -2.35. The minimum absolute atomic E-state index is 0.767. The summed E-state index contributed by atoms with van der Waals surface area (Å²) in [5.41, 5.74) is 3.92. The third-order valence-corrected chi connectivity index (χ3v) is 4.51. The van der Waals surface area contributed by atoms with Crippen molar-refractivity contribution in [2.75, 3.05) is 6.54 Å². The Hall–Kier alpha value is -0.755. The van der Waals surface area contributed by atoms with E-state index >= 15 is 0 Å². The standard InChI is InChI=1S/C15H20BN/c1-11-3-2-8-17(11)15-7-5-12-9-14(16)6-4-13(12)10-15/h4,6,9,11,15H,2-3,5,7-8,10H2,1H3. The predicted octanol–water partition coefficient (Wildman–Crippen LogP) is 1.82. The third kappa shape index (κ3) is 2.15. The Balaban J connectivity index is 1.78. The molecule has 2 unspecified atom stereocenters. The number of aryl methyl sites for hydroxylation is 1. The normalized spacial score (nSPS) is 29.2. The minimum atomic E-state index is 0.767. The highest BCUT2D eigenvalue weighted by Crippen LogP contribution is 2.28. The summed E-state index contributed by atoms with van der Waals surface area (Å²) in [6.45, 7) is 3.68. The topological polar surface area (TPSA) is 3.24 Å². The zero-order valence-corrected chi connectivity index (χ0v) is 10.7. The van der Waals surface area contributed by atoms with E-state index in [0.29, 0.717) is 0 Å². The van der Waals surface area contributed by atoms with Gasteiger partial charge < -0.3 is 0 Å². The van der Waals surface area contributed by atoms with Crippen molar-refractivity contribution in [3.8, 4) is 0 Å². The van der Waals surface area contributed by atoms with Gasteiger partial charge in [0.25, 0.3) is 0 Å². The van der Waals surface area contributed by atoms with E-state index in [4.69, 9.17) is 7.85 Å². The molecule has 2 radical (unpaired) electrons. The maximum Gasteiger partial charge on any atom is 0.113 e. The van der Waals surface area contributed by atoms with Crippen molar-refractivity contribution >= 4 is 13.3 Å². The highest BCUT2D eigenvalue weighted by molar-refractivity contribution is 6.32. The van der Waals surface area contributed by atoms with Crippen LogP contribution in [0, 0.1) is 0 Å². The molecule has 2 heteroatoms. The molecule has 0 N–H and O–H groups in total. The second-order valence-electron chi connectivity index (χ2n) is 5.65. The van der Waals surface area contributed by atoms with Gasteiger partial charge in [0.1, 0.15) is 7.85 Å². The molecule has 1 heterocycles. The van der Waals surface area contributed by atoms with Crippen LogP contribution in [0.4, 0.5) is 0 Å². The van der Waals surface area contributed by atoms with Crippen LogP contribution in [-0.2, 0) is 12.8 Å². The van der Waals surface area contributed by atoms with Crippen molar-refractivity contribution in [3.63, 3.8) is 0 Å². The van der Waals surface area contributed by atoms with Gasteiger partial charge >= 0.3 is 0 Å². The number of likely N-dealkylation sites (tertiary alicyclic amines) is 1. The average Bonchev–Trinajstić information content (AvgIpc) is 2.75. The number of benzene rings is 1. The first kappa shape index (κ1) is 11.3. The first-order chi connectivity index (χ1) is 8.24. The van der Waals surface area contributed by atoms with Crippen molar-refractivity contribution in [2.24, 2.45) is 0 Å². The Labute approximate surface area is 106 Å². The van der Waals surface area contributed by atoms with Gasteiger partial charge in [-0.2, -0.15) is 0 Å². The largest absolute Gasteiger partial charge is 0.297 e. The van der Waals surface area contributed by atoms with E-state index in [1.54, 1.807) is 0 Å². The molecule has 2 aliphatic rings. The van der Waals surface area contributed by atoms with Crippen LogP contribution in [-0.4, -0.2) is 31.4 Å². The third-order valence-electron chi connectivity index (χ3n) is 4.51. The van der Waals surface area contributed by atoms with Crippen molar-refractivity contribution in [1.82, 2.24) is 4.90 Å². The molecule has 1 aliphatic heterocycles. The highest BCUT2D eigenvalue weighted by atomic mass is 15.2. The van der Waals surface area contributed by atoms with E-state index in [1.807, 2.05) is 0 Å². The summed E-state index contributed by atoms with van der Waals surface area (Å²) in [5.74, 6) is 0. The molecule has 1 aromatic carbocycles. The Kier molecular flexibility index (Phi) is 3.00. The second-order valence-corrected chi connectivity index (χ2v) is 5.65. The molecule has 17 heavy (non-hydrogen) atoms. The fraction of sp³-hybridized carbons (Fsp3) is 0.600. The predicted molar refractivity (Wildman–Crippen MR) is 73.0 cm³/mol. The lowest BCUT2D eigenvalue weighted by atomic mass is 9.83. The lowest BCUT2D eigenvalue weighted by molar-refractivity contribution is 0.174. The maximum absolute atomic E-state index is 5.85. The van der Waals surface area contributed by atoms with Crippen LogP contribution in [0.25, 0.3) is 0 Å². The zero-order chi connectivity index (χ0) is 11.8. The lowest BCUT2D eigenvalue weighted by Crippen LogP contribution is -2.41. The summed E-state index contributed by atoms with van der Waals surface area (Å²) in [5, 5.41) is 0. The van der Waals surface area contributed by atoms with E-state index < -0.39 is 0 Å². The highest BCUT2D eigenvalue weighted by Gasteiger charge is 2.30. The molecule has 2 atom stereocenters. The van der Waals surface area contributed by atoms with Crippen molar-refractivity contribution in [3.05, 3.63) is 29.3 Å². The summed E-state index contributed by atoms with van der Waals surface area (Å²) in [6, 6.07) is 8.00. The summed E-state index contributed by atoms with van der Waals surface area (Å²) in [7, 11) is 5.85. The van der Waals surface area contributed by atoms with Crippen LogP contribution in [0.2, 0.25) is 0 Å². The van der Waals surface area contributed by atoms with Gasteiger partial charge in [-0.25, -0.2) is 0 Å². The minimum Gasteiger partial charge on any atom is -0.297 e. The summed E-state index contributed by atoms with van der Waals surface area (Å²) in [6.07, 6.45) is 6.49. The van der Waals surface area contributed by atoms with Gasteiger partial charge in [0, 0.05) is 12.1 Å². The Morgan fingerprint density at radius 2 is 2.12 bits per heavy atom. The molecular formula is C15H20BN. The molecule has 1 aliphatic carbocycles. The van der Waals surface area contributed by atoms with Gasteiger partial charge in [0.15, 0.2) is 0 Å².